The van der Waals surface area contributed by atoms with Crippen LogP contribution in [0, 0.1) is 5.92 Å². The third-order valence-electron chi connectivity index (χ3n) is 3.41. The SMILES string of the molecule is CC1CCCN(CC(O)c2cccc(Br)c2)C1. The minimum absolute atomic E-state index is 0.377. The van der Waals surface area contributed by atoms with Gasteiger partial charge in [0, 0.05) is 17.6 Å². The molecule has 1 aromatic rings. The molecule has 1 aliphatic rings. The molecule has 2 unspecified atom stereocenters. The van der Waals surface area contributed by atoms with Crippen molar-refractivity contribution in [1.82, 2.24) is 4.90 Å². The third kappa shape index (κ3) is 3.80. The molecule has 0 aliphatic carbocycles. The fraction of sp³-hybridized carbons (Fsp3) is 0.571. The lowest BCUT2D eigenvalue weighted by molar-refractivity contribution is 0.0875. The van der Waals surface area contributed by atoms with Crippen LogP contribution in [0.25, 0.3) is 0 Å². The maximum atomic E-state index is 10.2. The van der Waals surface area contributed by atoms with E-state index in [1.807, 2.05) is 24.3 Å². The minimum atomic E-state index is -0.377. The van der Waals surface area contributed by atoms with Crippen molar-refractivity contribution in [3.05, 3.63) is 34.3 Å². The van der Waals surface area contributed by atoms with Crippen molar-refractivity contribution in [2.75, 3.05) is 19.6 Å². The first-order valence-electron chi connectivity index (χ1n) is 6.31. The Bertz CT molecular complexity index is 369. The molecule has 1 aliphatic heterocycles. The van der Waals surface area contributed by atoms with Crippen LogP contribution < -0.4 is 0 Å². The molecule has 94 valence electrons. The number of rotatable bonds is 3. The normalized spacial score (nSPS) is 23.6. The number of benzene rings is 1. The van der Waals surface area contributed by atoms with Crippen LogP contribution in [0.5, 0.6) is 0 Å². The highest BCUT2D eigenvalue weighted by Crippen LogP contribution is 2.22. The van der Waals surface area contributed by atoms with Gasteiger partial charge in [0.2, 0.25) is 0 Å². The molecule has 0 spiro atoms. The minimum Gasteiger partial charge on any atom is -0.387 e. The molecule has 1 heterocycles. The van der Waals surface area contributed by atoms with Gasteiger partial charge in [0.05, 0.1) is 6.10 Å². The summed E-state index contributed by atoms with van der Waals surface area (Å²) in [5.41, 5.74) is 0.998. The highest BCUT2D eigenvalue weighted by atomic mass is 79.9. The summed E-state index contributed by atoms with van der Waals surface area (Å²) in [5.74, 6) is 0.762. The van der Waals surface area contributed by atoms with Crippen molar-refractivity contribution >= 4 is 15.9 Å². The summed E-state index contributed by atoms with van der Waals surface area (Å²) in [4.78, 5) is 2.37. The van der Waals surface area contributed by atoms with Crippen LogP contribution >= 0.6 is 15.9 Å². The molecular weight excluding hydrogens is 278 g/mol. The average Bonchev–Trinajstić information content (AvgIpc) is 2.29. The largest absolute Gasteiger partial charge is 0.387 e. The van der Waals surface area contributed by atoms with Crippen molar-refractivity contribution in [2.45, 2.75) is 25.9 Å². The zero-order chi connectivity index (χ0) is 12.3. The van der Waals surface area contributed by atoms with Gasteiger partial charge in [-0.25, -0.2) is 0 Å². The second-order valence-electron chi connectivity index (χ2n) is 5.08. The fourth-order valence-electron chi connectivity index (χ4n) is 2.52. The molecular formula is C14H20BrNO. The van der Waals surface area contributed by atoms with E-state index in [2.05, 4.69) is 27.8 Å². The van der Waals surface area contributed by atoms with Crippen LogP contribution in [-0.2, 0) is 0 Å². The lowest BCUT2D eigenvalue weighted by Crippen LogP contribution is -2.37. The number of aliphatic hydroxyl groups is 1. The second-order valence-corrected chi connectivity index (χ2v) is 5.99. The van der Waals surface area contributed by atoms with Crippen LogP contribution in [0.2, 0.25) is 0 Å². The van der Waals surface area contributed by atoms with E-state index < -0.39 is 0 Å². The maximum Gasteiger partial charge on any atom is 0.0917 e. The quantitative estimate of drug-likeness (QED) is 0.926. The zero-order valence-electron chi connectivity index (χ0n) is 10.3. The first-order chi connectivity index (χ1) is 8.15. The van der Waals surface area contributed by atoms with E-state index in [0.717, 1.165) is 35.6 Å². The van der Waals surface area contributed by atoms with E-state index in [9.17, 15) is 5.11 Å². The molecule has 0 radical (unpaired) electrons. The van der Waals surface area contributed by atoms with Gasteiger partial charge < -0.3 is 10.0 Å². The molecule has 0 amide bonds. The van der Waals surface area contributed by atoms with Gasteiger partial charge in [0.15, 0.2) is 0 Å². The second kappa shape index (κ2) is 5.98. The van der Waals surface area contributed by atoms with E-state index in [-0.39, 0.29) is 6.10 Å². The molecule has 1 N–H and O–H groups in total. The van der Waals surface area contributed by atoms with Crippen LogP contribution in [0.1, 0.15) is 31.4 Å². The summed E-state index contributed by atoms with van der Waals surface area (Å²) >= 11 is 3.44. The number of likely N-dealkylation sites (tertiary alicyclic amines) is 1. The summed E-state index contributed by atoms with van der Waals surface area (Å²) < 4.78 is 1.03. The Kier molecular flexibility index (Phi) is 4.60. The number of hydrogen-bond acceptors (Lipinski definition) is 2. The fourth-order valence-corrected chi connectivity index (χ4v) is 2.93. The van der Waals surface area contributed by atoms with Crippen molar-refractivity contribution in [1.29, 1.82) is 0 Å². The Hall–Kier alpha value is -0.380. The van der Waals surface area contributed by atoms with Gasteiger partial charge in [-0.2, -0.15) is 0 Å². The molecule has 2 nitrogen and oxygen atoms in total. The van der Waals surface area contributed by atoms with Crippen molar-refractivity contribution in [2.24, 2.45) is 5.92 Å². The molecule has 17 heavy (non-hydrogen) atoms. The lowest BCUT2D eigenvalue weighted by atomic mass is 9.99. The van der Waals surface area contributed by atoms with Gasteiger partial charge >= 0.3 is 0 Å². The molecule has 0 saturated carbocycles. The van der Waals surface area contributed by atoms with Crippen LogP contribution in [-0.4, -0.2) is 29.6 Å². The molecule has 1 saturated heterocycles. The van der Waals surface area contributed by atoms with Gasteiger partial charge in [-0.1, -0.05) is 35.0 Å². The number of β-amino-alcohol motifs (C(OH)–C–C–N with tert-alkyl or cyclic N) is 1. The van der Waals surface area contributed by atoms with Gasteiger partial charge in [0.25, 0.3) is 0 Å². The number of aliphatic hydroxyl groups excluding tert-OH is 1. The molecule has 2 atom stereocenters. The Morgan fingerprint density at radius 2 is 2.35 bits per heavy atom. The van der Waals surface area contributed by atoms with Crippen LogP contribution in [0.15, 0.2) is 28.7 Å². The summed E-state index contributed by atoms with van der Waals surface area (Å²) in [6.45, 7) is 5.28. The average molecular weight is 298 g/mol. The first-order valence-corrected chi connectivity index (χ1v) is 7.10. The van der Waals surface area contributed by atoms with Crippen LogP contribution in [0.4, 0.5) is 0 Å². The monoisotopic (exact) mass is 297 g/mol. The highest BCUT2D eigenvalue weighted by molar-refractivity contribution is 9.10. The van der Waals surface area contributed by atoms with E-state index in [4.69, 9.17) is 0 Å². The molecule has 2 rings (SSSR count). The number of piperidine rings is 1. The number of hydrogen-bond donors (Lipinski definition) is 1. The predicted molar refractivity (Wildman–Crippen MR) is 73.9 cm³/mol. The highest BCUT2D eigenvalue weighted by Gasteiger charge is 2.19. The Labute approximate surface area is 112 Å². The van der Waals surface area contributed by atoms with Gasteiger partial charge in [-0.15, -0.1) is 0 Å². The molecule has 1 aromatic carbocycles. The Balaban J connectivity index is 1.94. The first kappa shape index (κ1) is 13.1. The molecule has 3 heteroatoms. The standard InChI is InChI=1S/C14H20BrNO/c1-11-4-3-7-16(9-11)10-14(17)12-5-2-6-13(15)8-12/h2,5-6,8,11,14,17H,3-4,7,9-10H2,1H3. The van der Waals surface area contributed by atoms with Gasteiger partial charge in [-0.05, 0) is 43.0 Å². The summed E-state index contributed by atoms with van der Waals surface area (Å²) in [7, 11) is 0. The Morgan fingerprint density at radius 3 is 3.06 bits per heavy atom. The summed E-state index contributed by atoms with van der Waals surface area (Å²) in [6.07, 6.45) is 2.20. The van der Waals surface area contributed by atoms with E-state index >= 15 is 0 Å². The maximum absolute atomic E-state index is 10.2. The summed E-state index contributed by atoms with van der Waals surface area (Å²) in [6, 6.07) is 7.95. The summed E-state index contributed by atoms with van der Waals surface area (Å²) in [5, 5.41) is 10.2. The third-order valence-corrected chi connectivity index (χ3v) is 3.90. The molecule has 0 aromatic heterocycles. The lowest BCUT2D eigenvalue weighted by Gasteiger charge is -2.32. The molecule has 1 fully saturated rings. The van der Waals surface area contributed by atoms with Gasteiger partial charge in [0.1, 0.15) is 0 Å². The number of halogens is 1. The zero-order valence-corrected chi connectivity index (χ0v) is 11.9. The van der Waals surface area contributed by atoms with Crippen molar-refractivity contribution < 1.29 is 5.11 Å². The van der Waals surface area contributed by atoms with E-state index in [0.29, 0.717) is 0 Å². The number of nitrogens with zero attached hydrogens (tertiary/aromatic N) is 1. The van der Waals surface area contributed by atoms with Crippen LogP contribution in [0.3, 0.4) is 0 Å². The van der Waals surface area contributed by atoms with E-state index in [1.54, 1.807) is 0 Å². The van der Waals surface area contributed by atoms with Gasteiger partial charge in [-0.3, -0.25) is 0 Å². The Morgan fingerprint density at radius 1 is 1.53 bits per heavy atom. The van der Waals surface area contributed by atoms with Crippen molar-refractivity contribution in [3.63, 3.8) is 0 Å². The van der Waals surface area contributed by atoms with E-state index in [1.165, 1.54) is 12.8 Å². The predicted octanol–water partition coefficient (Wildman–Crippen LogP) is 3.21. The molecule has 0 bridgehead atoms. The smallest absolute Gasteiger partial charge is 0.0917 e. The topological polar surface area (TPSA) is 23.5 Å². The van der Waals surface area contributed by atoms with Crippen molar-refractivity contribution in [3.8, 4) is 0 Å².